The number of nitro benzene ring substituents is 1. The van der Waals surface area contributed by atoms with E-state index < -0.39 is 61.9 Å². The Labute approximate surface area is 215 Å². The lowest BCUT2D eigenvalue weighted by atomic mass is 9.89. The van der Waals surface area contributed by atoms with Crippen LogP contribution in [-0.2, 0) is 0 Å². The van der Waals surface area contributed by atoms with Crippen LogP contribution in [0.4, 0.5) is 32.0 Å². The van der Waals surface area contributed by atoms with E-state index in [-0.39, 0.29) is 4.88 Å². The highest BCUT2D eigenvalue weighted by Gasteiger charge is 2.80. The largest absolute Gasteiger partial charge is 0.380 e. The third-order valence-corrected chi connectivity index (χ3v) is 7.08. The summed E-state index contributed by atoms with van der Waals surface area (Å²) in [5, 5.41) is 20.5. The first kappa shape index (κ1) is 26.6. The van der Waals surface area contributed by atoms with Crippen LogP contribution in [0.25, 0.3) is 26.4 Å². The molecule has 12 heteroatoms. The molecule has 1 heterocycles. The summed E-state index contributed by atoms with van der Waals surface area (Å²) in [5.74, 6) is -16.8. The second kappa shape index (κ2) is 9.15. The fourth-order valence-corrected chi connectivity index (χ4v) is 5.20. The number of alkyl halides is 6. The molecule has 0 radical (unpaired) electrons. The molecule has 3 aromatic rings. The smallest absolute Gasteiger partial charge is 0.258 e. The number of halogens is 6. The summed E-state index contributed by atoms with van der Waals surface area (Å²) in [6.07, 6.45) is 0. The third kappa shape index (κ3) is 3.85. The summed E-state index contributed by atoms with van der Waals surface area (Å²) in [5.41, 5.74) is -7.00. The fourth-order valence-electron chi connectivity index (χ4n) is 4.17. The van der Waals surface area contributed by atoms with Gasteiger partial charge in [-0.05, 0) is 41.8 Å². The molecule has 0 fully saturated rings. The maximum Gasteiger partial charge on any atom is 0.380 e. The summed E-state index contributed by atoms with van der Waals surface area (Å²) < 4.78 is 91.3. The van der Waals surface area contributed by atoms with Crippen LogP contribution in [0, 0.1) is 34.9 Å². The lowest BCUT2D eigenvalue weighted by molar-refractivity contribution is -0.384. The van der Waals surface area contributed by atoms with E-state index in [0.717, 1.165) is 41.7 Å². The number of non-ortho nitro benzene ring substituents is 1. The van der Waals surface area contributed by atoms with E-state index in [9.17, 15) is 24.2 Å². The zero-order valence-corrected chi connectivity index (χ0v) is 19.9. The molecule has 38 heavy (non-hydrogen) atoms. The van der Waals surface area contributed by atoms with Crippen LogP contribution in [0.15, 0.2) is 71.9 Å². The average Bonchev–Trinajstić information content (AvgIpc) is 3.30. The molecule has 0 saturated carbocycles. The van der Waals surface area contributed by atoms with Crippen LogP contribution in [0.2, 0.25) is 0 Å². The normalized spacial score (nSPS) is 17.9. The summed E-state index contributed by atoms with van der Waals surface area (Å²) in [4.78, 5) is 13.4. The minimum atomic E-state index is -5.92. The van der Waals surface area contributed by atoms with E-state index in [4.69, 9.17) is 6.57 Å². The average molecular weight is 545 g/mol. The minimum absolute atomic E-state index is 0.0221. The Balaban J connectivity index is 2.13. The lowest BCUT2D eigenvalue weighted by Crippen LogP contribution is -2.49. The molecular weight excluding hydrogens is 532 g/mol. The quantitative estimate of drug-likeness (QED) is 0.107. The molecule has 192 valence electrons. The SMILES string of the molecule is [C-]#[N+]/C(C#N)=C(\C1=C(c2cc(-c3ccccc3)sc2C)C(F)(F)C(F)(F)C1(F)F)c1ccc([N+](=O)[O-])cc1. The zero-order valence-electron chi connectivity index (χ0n) is 19.1. The van der Waals surface area contributed by atoms with Crippen LogP contribution >= 0.6 is 11.3 Å². The maximum absolute atomic E-state index is 15.4. The molecule has 2 aromatic carbocycles. The second-order valence-electron chi connectivity index (χ2n) is 8.17. The number of rotatable bonds is 5. The van der Waals surface area contributed by atoms with Crippen molar-refractivity contribution in [3.05, 3.63) is 109 Å². The van der Waals surface area contributed by atoms with Crippen molar-refractivity contribution in [1.29, 1.82) is 5.26 Å². The first-order valence-corrected chi connectivity index (χ1v) is 11.4. The zero-order chi connectivity index (χ0) is 28.0. The number of nitro groups is 1. The Morgan fingerprint density at radius 1 is 1.03 bits per heavy atom. The van der Waals surface area contributed by atoms with Crippen molar-refractivity contribution in [2.75, 3.05) is 0 Å². The maximum atomic E-state index is 15.4. The van der Waals surface area contributed by atoms with E-state index in [0.29, 0.717) is 10.4 Å². The summed E-state index contributed by atoms with van der Waals surface area (Å²) in [7, 11) is 0. The van der Waals surface area contributed by atoms with Crippen molar-refractivity contribution in [2.45, 2.75) is 24.7 Å². The van der Waals surface area contributed by atoms with Crippen molar-refractivity contribution in [2.24, 2.45) is 0 Å². The van der Waals surface area contributed by atoms with Gasteiger partial charge in [-0.25, -0.2) is 10.1 Å². The van der Waals surface area contributed by atoms with Crippen molar-refractivity contribution in [1.82, 2.24) is 0 Å². The first-order valence-electron chi connectivity index (χ1n) is 10.6. The molecule has 1 aliphatic rings. The van der Waals surface area contributed by atoms with Crippen molar-refractivity contribution in [3.63, 3.8) is 0 Å². The van der Waals surface area contributed by atoms with Gasteiger partial charge in [0.1, 0.15) is 0 Å². The minimum Gasteiger partial charge on any atom is -0.258 e. The van der Waals surface area contributed by atoms with Crippen LogP contribution in [0.3, 0.4) is 0 Å². The first-order chi connectivity index (χ1) is 17.8. The summed E-state index contributed by atoms with van der Waals surface area (Å²) in [6.45, 7) is 8.57. The van der Waals surface area contributed by atoms with Gasteiger partial charge >= 0.3 is 17.8 Å². The monoisotopic (exact) mass is 545 g/mol. The topological polar surface area (TPSA) is 71.3 Å². The molecule has 0 atom stereocenters. The van der Waals surface area contributed by atoms with Gasteiger partial charge in [0.15, 0.2) is 0 Å². The lowest BCUT2D eigenvalue weighted by Gasteiger charge is -2.26. The summed E-state index contributed by atoms with van der Waals surface area (Å²) >= 11 is 0.916. The van der Waals surface area contributed by atoms with Gasteiger partial charge in [-0.1, -0.05) is 30.3 Å². The molecule has 0 N–H and O–H groups in total. The number of aryl methyl sites for hydroxylation is 1. The fraction of sp³-hybridized carbons (Fsp3) is 0.154. The van der Waals surface area contributed by atoms with E-state index >= 15 is 17.6 Å². The predicted octanol–water partition coefficient (Wildman–Crippen LogP) is 8.16. The standard InChI is InChI=1S/C26H13F6N3O2S/c1-14-18(12-20(38-14)15-6-4-3-5-7-15)22-23(25(29,30)26(31,32)24(22,27)28)21(19(13-33)34-2)16-8-10-17(11-9-16)35(36)37/h3-12H,1H3/b21-19-. The van der Waals surface area contributed by atoms with Crippen LogP contribution < -0.4 is 0 Å². The molecule has 0 spiro atoms. The number of nitrogens with zero attached hydrogens (tertiary/aromatic N) is 3. The van der Waals surface area contributed by atoms with Gasteiger partial charge in [0.25, 0.3) is 11.4 Å². The molecule has 1 aliphatic carbocycles. The van der Waals surface area contributed by atoms with E-state index in [1.807, 2.05) is 0 Å². The highest BCUT2D eigenvalue weighted by molar-refractivity contribution is 7.15. The number of hydrogen-bond donors (Lipinski definition) is 0. The highest BCUT2D eigenvalue weighted by atomic mass is 32.1. The van der Waals surface area contributed by atoms with Crippen LogP contribution in [-0.4, -0.2) is 22.7 Å². The van der Waals surface area contributed by atoms with Gasteiger partial charge in [0, 0.05) is 38.6 Å². The van der Waals surface area contributed by atoms with Crippen LogP contribution in [0.1, 0.15) is 16.0 Å². The van der Waals surface area contributed by atoms with Crippen LogP contribution in [0.5, 0.6) is 0 Å². The molecule has 5 nitrogen and oxygen atoms in total. The Bertz CT molecular complexity index is 1580. The number of thiophene rings is 1. The van der Waals surface area contributed by atoms with Gasteiger partial charge in [-0.2, -0.15) is 26.3 Å². The van der Waals surface area contributed by atoms with Crippen molar-refractivity contribution < 1.29 is 31.3 Å². The molecule has 0 bridgehead atoms. The number of allylic oxidation sites excluding steroid dienone is 4. The number of nitriles is 1. The van der Waals surface area contributed by atoms with Gasteiger partial charge in [0.05, 0.1) is 17.6 Å². The Kier molecular flexibility index (Phi) is 6.42. The van der Waals surface area contributed by atoms with Crippen molar-refractivity contribution in [3.8, 4) is 16.5 Å². The number of benzene rings is 2. The second-order valence-corrected chi connectivity index (χ2v) is 9.43. The van der Waals surface area contributed by atoms with Crippen molar-refractivity contribution >= 4 is 28.2 Å². The van der Waals surface area contributed by atoms with Gasteiger partial charge in [0.2, 0.25) is 0 Å². The van der Waals surface area contributed by atoms with Gasteiger partial charge in [-0.3, -0.25) is 10.1 Å². The van der Waals surface area contributed by atoms with Gasteiger partial charge < -0.3 is 0 Å². The van der Waals surface area contributed by atoms with Gasteiger partial charge in [-0.15, -0.1) is 11.3 Å². The molecule has 4 rings (SSSR count). The third-order valence-electron chi connectivity index (χ3n) is 5.98. The van der Waals surface area contributed by atoms with E-state index in [1.165, 1.54) is 13.0 Å². The molecule has 0 aliphatic heterocycles. The number of hydrogen-bond acceptors (Lipinski definition) is 4. The molecule has 0 saturated heterocycles. The summed E-state index contributed by atoms with van der Waals surface area (Å²) in [6, 6.07) is 13.9. The Morgan fingerprint density at radius 3 is 2.16 bits per heavy atom. The van der Waals surface area contributed by atoms with E-state index in [1.54, 1.807) is 30.3 Å². The highest BCUT2D eigenvalue weighted by Crippen LogP contribution is 2.65. The Hall–Kier alpha value is -4.42. The molecular formula is C26H13F6N3O2S. The molecule has 1 aromatic heterocycles. The Morgan fingerprint density at radius 2 is 1.63 bits per heavy atom. The van der Waals surface area contributed by atoms with E-state index in [2.05, 4.69) is 4.85 Å². The molecule has 0 unspecified atom stereocenters. The predicted molar refractivity (Wildman–Crippen MR) is 128 cm³/mol. The molecule has 0 amide bonds.